The van der Waals surface area contributed by atoms with E-state index in [1.807, 2.05) is 0 Å². The molecule has 0 atom stereocenters. The number of benzene rings is 2. The number of carbonyl (C=O) groups is 1. The summed E-state index contributed by atoms with van der Waals surface area (Å²) in [5.74, 6) is -0.0309. The molecule has 0 aliphatic carbocycles. The van der Waals surface area contributed by atoms with Crippen LogP contribution < -0.4 is 14.8 Å². The lowest BCUT2D eigenvalue weighted by molar-refractivity contribution is -0.116. The topological polar surface area (TPSA) is 84.5 Å². The van der Waals surface area contributed by atoms with Gasteiger partial charge in [-0.2, -0.15) is 8.78 Å². The first-order valence-corrected chi connectivity index (χ1v) is 9.78. The van der Waals surface area contributed by atoms with Crippen molar-refractivity contribution in [1.82, 2.24) is 4.72 Å². The maximum Gasteiger partial charge on any atom is 0.387 e. The summed E-state index contributed by atoms with van der Waals surface area (Å²) in [4.78, 5) is 11.5. The van der Waals surface area contributed by atoms with E-state index in [-0.39, 0.29) is 23.1 Å². The Morgan fingerprint density at radius 1 is 1.11 bits per heavy atom. The van der Waals surface area contributed by atoms with Crippen LogP contribution in [0.1, 0.15) is 17.5 Å². The summed E-state index contributed by atoms with van der Waals surface area (Å²) in [6, 6.07) is 10.6. The first kappa shape index (κ1) is 19.2. The maximum absolute atomic E-state index is 12.4. The average molecular weight is 396 g/mol. The number of aryl methyl sites for hydroxylation is 1. The quantitative estimate of drug-likeness (QED) is 0.754. The second-order valence-corrected chi connectivity index (χ2v) is 7.80. The molecule has 0 saturated carbocycles. The Morgan fingerprint density at radius 3 is 2.56 bits per heavy atom. The molecule has 9 heteroatoms. The van der Waals surface area contributed by atoms with Crippen LogP contribution in [0.3, 0.4) is 0 Å². The van der Waals surface area contributed by atoms with Crippen molar-refractivity contribution >= 4 is 21.6 Å². The molecule has 1 aliphatic rings. The molecule has 0 radical (unpaired) electrons. The largest absolute Gasteiger partial charge is 0.435 e. The lowest BCUT2D eigenvalue weighted by Crippen LogP contribution is -2.26. The van der Waals surface area contributed by atoms with E-state index in [1.54, 1.807) is 24.3 Å². The van der Waals surface area contributed by atoms with E-state index in [1.165, 1.54) is 18.2 Å². The van der Waals surface area contributed by atoms with Crippen LogP contribution in [0, 0.1) is 0 Å². The monoisotopic (exact) mass is 396 g/mol. The summed E-state index contributed by atoms with van der Waals surface area (Å²) in [6.07, 6.45) is 1.22. The molecule has 1 heterocycles. The third kappa shape index (κ3) is 5.01. The number of ether oxygens (including phenoxy) is 1. The number of rotatable bonds is 7. The van der Waals surface area contributed by atoms with Crippen LogP contribution in [0.5, 0.6) is 5.75 Å². The molecule has 27 heavy (non-hydrogen) atoms. The summed E-state index contributed by atoms with van der Waals surface area (Å²) >= 11 is 0. The van der Waals surface area contributed by atoms with E-state index < -0.39 is 16.6 Å². The lowest BCUT2D eigenvalue weighted by atomic mass is 10.0. The average Bonchev–Trinajstić information content (AvgIpc) is 2.62. The highest BCUT2D eigenvalue weighted by molar-refractivity contribution is 7.89. The zero-order valence-electron chi connectivity index (χ0n) is 14.2. The van der Waals surface area contributed by atoms with Crippen molar-refractivity contribution in [2.75, 3.05) is 11.9 Å². The van der Waals surface area contributed by atoms with Crippen LogP contribution in [0.4, 0.5) is 14.5 Å². The minimum Gasteiger partial charge on any atom is -0.435 e. The van der Waals surface area contributed by atoms with E-state index in [0.717, 1.165) is 11.1 Å². The van der Waals surface area contributed by atoms with Crippen LogP contribution in [0.25, 0.3) is 0 Å². The predicted molar refractivity (Wildman–Crippen MR) is 95.4 cm³/mol. The Morgan fingerprint density at radius 2 is 1.85 bits per heavy atom. The smallest absolute Gasteiger partial charge is 0.387 e. The second-order valence-electron chi connectivity index (χ2n) is 6.04. The Bertz CT molecular complexity index is 931. The summed E-state index contributed by atoms with van der Waals surface area (Å²) < 4.78 is 55.9. The molecule has 2 N–H and O–H groups in total. The molecule has 1 aliphatic heterocycles. The van der Waals surface area contributed by atoms with Crippen molar-refractivity contribution in [3.63, 3.8) is 0 Å². The number of hydrogen-bond donors (Lipinski definition) is 2. The summed E-state index contributed by atoms with van der Waals surface area (Å²) in [5, 5.41) is 2.71. The summed E-state index contributed by atoms with van der Waals surface area (Å²) in [7, 11) is -3.69. The highest BCUT2D eigenvalue weighted by Crippen LogP contribution is 2.25. The predicted octanol–water partition coefficient (Wildman–Crippen LogP) is 2.69. The number of anilines is 1. The van der Waals surface area contributed by atoms with Crippen molar-refractivity contribution in [1.29, 1.82) is 0 Å². The van der Waals surface area contributed by atoms with Crippen LogP contribution in [-0.4, -0.2) is 27.5 Å². The van der Waals surface area contributed by atoms with Gasteiger partial charge in [0.15, 0.2) is 0 Å². The highest BCUT2D eigenvalue weighted by atomic mass is 32.2. The molecule has 0 saturated heterocycles. The van der Waals surface area contributed by atoms with Gasteiger partial charge in [0.05, 0.1) is 4.90 Å². The minimum atomic E-state index is -3.69. The highest BCUT2D eigenvalue weighted by Gasteiger charge is 2.19. The van der Waals surface area contributed by atoms with Crippen molar-refractivity contribution in [3.05, 3.63) is 53.6 Å². The van der Waals surface area contributed by atoms with E-state index in [4.69, 9.17) is 0 Å². The standard InChI is InChI=1S/C18H18F2N2O4S/c19-18(20)26-14-4-1-12(2-5-14)9-10-21-27(24,25)15-6-7-16-13(11-15)3-8-17(23)22-16/h1-2,4-7,11,18,21H,3,8-10H2,(H,22,23). The number of alkyl halides is 2. The SMILES string of the molecule is O=C1CCc2cc(S(=O)(=O)NCCc3ccc(OC(F)F)cc3)ccc2N1. The van der Waals surface area contributed by atoms with Gasteiger partial charge in [-0.15, -0.1) is 0 Å². The molecule has 2 aromatic rings. The first-order chi connectivity index (χ1) is 12.8. The molecule has 0 unspecified atom stereocenters. The molecule has 0 aromatic heterocycles. The molecule has 6 nitrogen and oxygen atoms in total. The zero-order valence-corrected chi connectivity index (χ0v) is 15.1. The zero-order chi connectivity index (χ0) is 19.4. The van der Waals surface area contributed by atoms with Gasteiger partial charge in [0.1, 0.15) is 5.75 Å². The number of amides is 1. The van der Waals surface area contributed by atoms with Gasteiger partial charge in [-0.25, -0.2) is 13.1 Å². The van der Waals surface area contributed by atoms with E-state index in [2.05, 4.69) is 14.8 Å². The fourth-order valence-corrected chi connectivity index (χ4v) is 3.86. The fraction of sp³-hybridized carbons (Fsp3) is 0.278. The fourth-order valence-electron chi connectivity index (χ4n) is 2.78. The summed E-state index contributed by atoms with van der Waals surface area (Å²) in [6.45, 7) is -2.72. The Kier molecular flexibility index (Phi) is 5.71. The van der Waals surface area contributed by atoms with Gasteiger partial charge in [-0.1, -0.05) is 12.1 Å². The first-order valence-electron chi connectivity index (χ1n) is 8.30. The van der Waals surface area contributed by atoms with Crippen LogP contribution in [-0.2, 0) is 27.7 Å². The number of carbonyl (C=O) groups excluding carboxylic acids is 1. The van der Waals surface area contributed by atoms with Crippen molar-refractivity contribution in [2.45, 2.75) is 30.8 Å². The number of halogens is 2. The van der Waals surface area contributed by atoms with Crippen molar-refractivity contribution < 1.29 is 26.7 Å². The Hall–Kier alpha value is -2.52. The van der Waals surface area contributed by atoms with Gasteiger partial charge in [0.2, 0.25) is 15.9 Å². The molecule has 2 aromatic carbocycles. The van der Waals surface area contributed by atoms with Crippen LogP contribution >= 0.6 is 0 Å². The third-order valence-electron chi connectivity index (χ3n) is 4.14. The van der Waals surface area contributed by atoms with Gasteiger partial charge in [0.25, 0.3) is 0 Å². The van der Waals surface area contributed by atoms with Crippen LogP contribution in [0.15, 0.2) is 47.4 Å². The van der Waals surface area contributed by atoms with Gasteiger partial charge in [-0.05, 0) is 54.3 Å². The van der Waals surface area contributed by atoms with E-state index in [9.17, 15) is 22.0 Å². The normalized spacial score (nSPS) is 14.0. The summed E-state index contributed by atoms with van der Waals surface area (Å²) in [5.41, 5.74) is 2.20. The Labute approximate surface area is 155 Å². The van der Waals surface area contributed by atoms with E-state index in [0.29, 0.717) is 24.9 Å². The number of nitrogens with one attached hydrogen (secondary N) is 2. The molecule has 0 spiro atoms. The van der Waals surface area contributed by atoms with Gasteiger partial charge in [-0.3, -0.25) is 4.79 Å². The molecular weight excluding hydrogens is 378 g/mol. The van der Waals surface area contributed by atoms with Crippen LogP contribution in [0.2, 0.25) is 0 Å². The second kappa shape index (κ2) is 8.01. The molecule has 144 valence electrons. The number of fused-ring (bicyclic) bond motifs is 1. The van der Waals surface area contributed by atoms with Gasteiger partial charge < -0.3 is 10.1 Å². The van der Waals surface area contributed by atoms with Gasteiger partial charge >= 0.3 is 6.61 Å². The third-order valence-corrected chi connectivity index (χ3v) is 5.60. The van der Waals surface area contributed by atoms with Gasteiger partial charge in [0, 0.05) is 18.7 Å². The molecular formula is C18H18F2N2O4S. The maximum atomic E-state index is 12.4. The van der Waals surface area contributed by atoms with Crippen molar-refractivity contribution in [2.24, 2.45) is 0 Å². The number of sulfonamides is 1. The molecule has 1 amide bonds. The molecule has 0 fully saturated rings. The lowest BCUT2D eigenvalue weighted by Gasteiger charge is -2.17. The van der Waals surface area contributed by atoms with Crippen molar-refractivity contribution in [3.8, 4) is 5.75 Å². The minimum absolute atomic E-state index is 0.0514. The van der Waals surface area contributed by atoms with E-state index >= 15 is 0 Å². The number of hydrogen-bond acceptors (Lipinski definition) is 4. The molecule has 0 bridgehead atoms. The molecule has 3 rings (SSSR count). The Balaban J connectivity index is 1.59.